The highest BCUT2D eigenvalue weighted by Crippen LogP contribution is 2.40. The number of hydrogen-bond acceptors (Lipinski definition) is 2. The van der Waals surface area contributed by atoms with E-state index in [9.17, 15) is 4.79 Å². The van der Waals surface area contributed by atoms with Crippen LogP contribution in [0.1, 0.15) is 93.8 Å². The smallest absolute Gasteiger partial charge is 0.159 e. The number of rotatable bonds is 8. The van der Waals surface area contributed by atoms with E-state index >= 15 is 4.39 Å². The van der Waals surface area contributed by atoms with Crippen LogP contribution in [0.4, 0.5) is 4.39 Å². The molecule has 2 aliphatic rings. The Labute approximate surface area is 218 Å². The molecule has 3 heteroatoms. The van der Waals surface area contributed by atoms with Crippen molar-refractivity contribution in [1.82, 2.24) is 4.90 Å². The molecule has 0 spiro atoms. The highest BCUT2D eigenvalue weighted by Gasteiger charge is 2.29. The van der Waals surface area contributed by atoms with Crippen molar-refractivity contribution in [2.24, 2.45) is 17.3 Å². The minimum Gasteiger partial charge on any atom is -0.303 e. The maximum absolute atomic E-state index is 15.0. The first-order valence-electron chi connectivity index (χ1n) is 14.0. The van der Waals surface area contributed by atoms with Crippen molar-refractivity contribution in [3.8, 4) is 0 Å². The molecule has 36 heavy (non-hydrogen) atoms. The lowest BCUT2D eigenvalue weighted by Crippen LogP contribution is -2.40. The Bertz CT molecular complexity index is 1110. The second kappa shape index (κ2) is 11.4. The van der Waals surface area contributed by atoms with Gasteiger partial charge in [0.1, 0.15) is 5.82 Å². The number of likely N-dealkylation sites (tertiary alicyclic amines) is 1. The topological polar surface area (TPSA) is 20.3 Å². The largest absolute Gasteiger partial charge is 0.303 e. The highest BCUT2D eigenvalue weighted by atomic mass is 19.1. The fraction of sp³-hybridized carbons (Fsp3) is 0.545. The van der Waals surface area contributed by atoms with Crippen LogP contribution in [0.2, 0.25) is 0 Å². The predicted molar refractivity (Wildman–Crippen MR) is 149 cm³/mol. The summed E-state index contributed by atoms with van der Waals surface area (Å²) in [7, 11) is 0. The summed E-state index contributed by atoms with van der Waals surface area (Å²) in [6.45, 7) is 14.5. The second-order valence-corrected chi connectivity index (χ2v) is 12.1. The standard InChI is InChI=1S/C33H44FNO/c1-6-33(4,5)22-35-17-15-25(16-18-35)19-27-12-11-26-9-7-8-10-30(26)31(23(27)2)20-29-14-13-28(24(3)36)21-32(29)34/h7-10,13-14,21,25,27H,6,11-12,15-20,22H2,1-5H3. The number of fused-ring (bicyclic) bond motifs is 1. The molecule has 0 saturated carbocycles. The van der Waals surface area contributed by atoms with E-state index in [0.29, 0.717) is 28.9 Å². The van der Waals surface area contributed by atoms with Crippen LogP contribution in [-0.2, 0) is 12.8 Å². The van der Waals surface area contributed by atoms with Crippen LogP contribution >= 0.6 is 0 Å². The molecule has 2 aromatic carbocycles. The van der Waals surface area contributed by atoms with Gasteiger partial charge in [-0.25, -0.2) is 4.39 Å². The number of halogens is 1. The van der Waals surface area contributed by atoms with Gasteiger partial charge in [0.25, 0.3) is 0 Å². The van der Waals surface area contributed by atoms with Gasteiger partial charge < -0.3 is 4.90 Å². The number of ketones is 1. The number of hydrogen-bond donors (Lipinski definition) is 0. The second-order valence-electron chi connectivity index (χ2n) is 12.1. The monoisotopic (exact) mass is 489 g/mol. The number of aryl methyl sites for hydroxylation is 1. The van der Waals surface area contributed by atoms with Crippen molar-refractivity contribution in [2.45, 2.75) is 79.6 Å². The van der Waals surface area contributed by atoms with Crippen LogP contribution < -0.4 is 0 Å². The molecule has 1 fully saturated rings. The number of piperidine rings is 1. The Balaban J connectivity index is 1.53. The molecule has 0 aromatic heterocycles. The van der Waals surface area contributed by atoms with E-state index in [-0.39, 0.29) is 11.6 Å². The van der Waals surface area contributed by atoms with Crippen molar-refractivity contribution < 1.29 is 9.18 Å². The van der Waals surface area contributed by atoms with Crippen LogP contribution in [0, 0.1) is 23.1 Å². The predicted octanol–water partition coefficient (Wildman–Crippen LogP) is 8.15. The van der Waals surface area contributed by atoms with E-state index in [4.69, 9.17) is 0 Å². The molecule has 0 bridgehead atoms. The average molecular weight is 490 g/mol. The third-order valence-electron chi connectivity index (χ3n) is 8.95. The fourth-order valence-corrected chi connectivity index (χ4v) is 6.17. The quantitative estimate of drug-likeness (QED) is 0.349. The minimum absolute atomic E-state index is 0.0972. The van der Waals surface area contributed by atoms with Crippen LogP contribution in [0.15, 0.2) is 48.0 Å². The SMILES string of the molecule is CCC(C)(C)CN1CCC(CC2CCc3ccccc3C(Cc3ccc(C(C)=O)cc3F)=C2C)CC1. The summed E-state index contributed by atoms with van der Waals surface area (Å²) in [5.41, 5.74) is 6.89. The number of carbonyl (C=O) groups is 1. The number of carbonyl (C=O) groups excluding carboxylic acids is 1. The van der Waals surface area contributed by atoms with Crippen LogP contribution in [-0.4, -0.2) is 30.3 Å². The molecule has 2 aromatic rings. The van der Waals surface area contributed by atoms with Gasteiger partial charge in [-0.3, -0.25) is 4.79 Å². The van der Waals surface area contributed by atoms with Gasteiger partial charge in [-0.1, -0.05) is 62.7 Å². The lowest BCUT2D eigenvalue weighted by Gasteiger charge is -2.38. The Morgan fingerprint density at radius 1 is 1.08 bits per heavy atom. The molecular formula is C33H44FNO. The molecule has 1 atom stereocenters. The van der Waals surface area contributed by atoms with Crippen molar-refractivity contribution in [1.29, 1.82) is 0 Å². The summed E-state index contributed by atoms with van der Waals surface area (Å²) in [6, 6.07) is 13.7. The maximum atomic E-state index is 15.0. The van der Waals surface area contributed by atoms with Gasteiger partial charge in [-0.15, -0.1) is 0 Å². The number of Topliss-reactive ketones (excluding diaryl/α,β-unsaturated/α-hetero) is 1. The molecule has 1 heterocycles. The van der Waals surface area contributed by atoms with E-state index in [0.717, 1.165) is 12.3 Å². The summed E-state index contributed by atoms with van der Waals surface area (Å²) in [5.74, 6) is 0.930. The molecule has 0 amide bonds. The van der Waals surface area contributed by atoms with Crippen molar-refractivity contribution in [3.05, 3.63) is 76.1 Å². The highest BCUT2D eigenvalue weighted by molar-refractivity contribution is 5.94. The van der Waals surface area contributed by atoms with Gasteiger partial charge in [0, 0.05) is 18.5 Å². The molecule has 1 aliphatic carbocycles. The number of nitrogens with zero attached hydrogens (tertiary/aromatic N) is 1. The minimum atomic E-state index is -0.274. The summed E-state index contributed by atoms with van der Waals surface area (Å²) < 4.78 is 15.0. The number of benzene rings is 2. The third-order valence-corrected chi connectivity index (χ3v) is 8.95. The van der Waals surface area contributed by atoms with E-state index in [1.807, 2.05) is 6.07 Å². The molecule has 1 saturated heterocycles. The summed E-state index contributed by atoms with van der Waals surface area (Å²) in [6.07, 6.45) is 7.85. The zero-order valence-electron chi connectivity index (χ0n) is 23.0. The van der Waals surface area contributed by atoms with Gasteiger partial charge >= 0.3 is 0 Å². The Kier molecular flexibility index (Phi) is 8.50. The zero-order valence-corrected chi connectivity index (χ0v) is 23.0. The normalized spacial score (nSPS) is 19.8. The van der Waals surface area contributed by atoms with Crippen LogP contribution in [0.3, 0.4) is 0 Å². The molecular weight excluding hydrogens is 445 g/mol. The summed E-state index contributed by atoms with van der Waals surface area (Å²) in [4.78, 5) is 14.4. The molecule has 1 aliphatic heterocycles. The molecule has 2 nitrogen and oxygen atoms in total. The summed E-state index contributed by atoms with van der Waals surface area (Å²) in [5, 5.41) is 0. The van der Waals surface area contributed by atoms with Crippen LogP contribution in [0.25, 0.3) is 5.57 Å². The molecule has 1 unspecified atom stereocenters. The van der Waals surface area contributed by atoms with E-state index in [1.54, 1.807) is 6.07 Å². The van der Waals surface area contributed by atoms with E-state index in [1.165, 1.54) is 87.0 Å². The lowest BCUT2D eigenvalue weighted by molar-refractivity contribution is 0.101. The van der Waals surface area contributed by atoms with Gasteiger partial charge in [0.15, 0.2) is 5.78 Å². The van der Waals surface area contributed by atoms with Crippen molar-refractivity contribution in [3.63, 3.8) is 0 Å². The first kappa shape index (κ1) is 26.8. The molecule has 194 valence electrons. The van der Waals surface area contributed by atoms with E-state index in [2.05, 4.69) is 56.9 Å². The van der Waals surface area contributed by atoms with Crippen molar-refractivity contribution in [2.75, 3.05) is 19.6 Å². The molecule has 0 N–H and O–H groups in total. The number of allylic oxidation sites excluding steroid dienone is 2. The first-order chi connectivity index (χ1) is 17.2. The first-order valence-corrected chi connectivity index (χ1v) is 14.0. The Morgan fingerprint density at radius 3 is 2.47 bits per heavy atom. The maximum Gasteiger partial charge on any atom is 0.159 e. The molecule has 0 radical (unpaired) electrons. The van der Waals surface area contributed by atoms with Crippen molar-refractivity contribution >= 4 is 11.4 Å². The average Bonchev–Trinajstić information content (AvgIpc) is 2.98. The summed E-state index contributed by atoms with van der Waals surface area (Å²) >= 11 is 0. The van der Waals surface area contributed by atoms with Gasteiger partial charge in [-0.05, 0) is 111 Å². The lowest BCUT2D eigenvalue weighted by atomic mass is 9.80. The zero-order chi connectivity index (χ0) is 25.9. The third kappa shape index (κ3) is 6.35. The molecule has 4 rings (SSSR count). The van der Waals surface area contributed by atoms with Gasteiger partial charge in [0.2, 0.25) is 0 Å². The van der Waals surface area contributed by atoms with Gasteiger partial charge in [-0.2, -0.15) is 0 Å². The fourth-order valence-electron chi connectivity index (χ4n) is 6.17. The Morgan fingerprint density at radius 2 is 1.81 bits per heavy atom. The van der Waals surface area contributed by atoms with Crippen LogP contribution in [0.5, 0.6) is 0 Å². The van der Waals surface area contributed by atoms with E-state index < -0.39 is 0 Å². The Hall–Kier alpha value is -2.26. The van der Waals surface area contributed by atoms with Gasteiger partial charge in [0.05, 0.1) is 0 Å².